The van der Waals surface area contributed by atoms with Gasteiger partial charge in [0.15, 0.2) is 5.69 Å². The molecule has 1 amide bonds. The van der Waals surface area contributed by atoms with Crippen LogP contribution in [-0.4, -0.2) is 39.7 Å². The van der Waals surface area contributed by atoms with Gasteiger partial charge >= 0.3 is 6.18 Å². The molecule has 0 saturated carbocycles. The summed E-state index contributed by atoms with van der Waals surface area (Å²) in [5, 5.41) is 6.99. The number of piperidine rings is 1. The number of hydrogen-bond acceptors (Lipinski definition) is 4. The van der Waals surface area contributed by atoms with Gasteiger partial charge in [0.05, 0.1) is 11.3 Å². The lowest BCUT2D eigenvalue weighted by molar-refractivity contribution is -0.137. The standard InChI is InChI=1S/C25H25F3N4O2/c1-17-14-22(33)23(30-32(17)21-9-5-8-19(15-21)25(26,27)28)24(34)29-20-10-12-31(13-11-20)16-18-6-3-2-4-7-18/h2-9,14-15,20H,10-13,16H2,1H3,(H,29,34). The van der Waals surface area contributed by atoms with Gasteiger partial charge in [-0.1, -0.05) is 36.4 Å². The number of carbonyl (C=O) groups excluding carboxylic acids is 1. The highest BCUT2D eigenvalue weighted by atomic mass is 19.4. The van der Waals surface area contributed by atoms with Crippen LogP contribution in [-0.2, 0) is 12.7 Å². The number of rotatable bonds is 5. The Balaban J connectivity index is 1.45. The number of nitrogens with one attached hydrogen (secondary N) is 1. The number of amides is 1. The SMILES string of the molecule is Cc1cc(=O)c(C(=O)NC2CCN(Cc3ccccc3)CC2)nn1-c1cccc(C(F)(F)F)c1. The van der Waals surface area contributed by atoms with Crippen LogP contribution in [0, 0.1) is 6.92 Å². The molecule has 1 saturated heterocycles. The quantitative estimate of drug-likeness (QED) is 0.613. The van der Waals surface area contributed by atoms with Crippen LogP contribution in [0.1, 0.15) is 40.2 Å². The predicted octanol–water partition coefficient (Wildman–Crippen LogP) is 3.95. The second-order valence-electron chi connectivity index (χ2n) is 8.47. The van der Waals surface area contributed by atoms with E-state index in [0.717, 1.165) is 44.6 Å². The van der Waals surface area contributed by atoms with E-state index in [1.165, 1.54) is 28.4 Å². The minimum Gasteiger partial charge on any atom is -0.348 e. The van der Waals surface area contributed by atoms with E-state index in [2.05, 4.69) is 27.4 Å². The van der Waals surface area contributed by atoms with Crippen molar-refractivity contribution in [1.82, 2.24) is 20.0 Å². The van der Waals surface area contributed by atoms with Gasteiger partial charge in [0.2, 0.25) is 5.43 Å². The highest BCUT2D eigenvalue weighted by Crippen LogP contribution is 2.30. The summed E-state index contributed by atoms with van der Waals surface area (Å²) < 4.78 is 40.5. The van der Waals surface area contributed by atoms with Crippen molar-refractivity contribution < 1.29 is 18.0 Å². The zero-order valence-corrected chi connectivity index (χ0v) is 18.7. The molecule has 2 aromatic carbocycles. The van der Waals surface area contributed by atoms with Gasteiger partial charge < -0.3 is 5.32 Å². The predicted molar refractivity (Wildman–Crippen MR) is 122 cm³/mol. The molecule has 1 aliphatic rings. The van der Waals surface area contributed by atoms with Crippen LogP contribution in [0.2, 0.25) is 0 Å². The number of benzene rings is 2. The number of alkyl halides is 3. The molecule has 1 N–H and O–H groups in total. The molecule has 1 fully saturated rings. The summed E-state index contributed by atoms with van der Waals surface area (Å²) in [5.74, 6) is -0.618. The molecule has 3 aromatic rings. The van der Waals surface area contributed by atoms with Crippen molar-refractivity contribution in [2.24, 2.45) is 0 Å². The number of hydrogen-bond donors (Lipinski definition) is 1. The second-order valence-corrected chi connectivity index (χ2v) is 8.47. The largest absolute Gasteiger partial charge is 0.416 e. The average molecular weight is 470 g/mol. The Hall–Kier alpha value is -3.46. The molecule has 0 bridgehead atoms. The maximum atomic E-state index is 13.1. The van der Waals surface area contributed by atoms with Gasteiger partial charge in [0, 0.05) is 37.4 Å². The number of likely N-dealkylation sites (tertiary alicyclic amines) is 1. The number of carbonyl (C=O) groups is 1. The van der Waals surface area contributed by atoms with Gasteiger partial charge in [-0.3, -0.25) is 14.5 Å². The molecule has 1 aromatic heterocycles. The van der Waals surface area contributed by atoms with Crippen LogP contribution in [0.25, 0.3) is 5.69 Å². The van der Waals surface area contributed by atoms with Crippen molar-refractivity contribution in [3.8, 4) is 5.69 Å². The second kappa shape index (κ2) is 9.80. The molecule has 2 heterocycles. The Bertz CT molecular complexity index is 1220. The van der Waals surface area contributed by atoms with Crippen LogP contribution >= 0.6 is 0 Å². The van der Waals surface area contributed by atoms with Crippen molar-refractivity contribution >= 4 is 5.91 Å². The monoisotopic (exact) mass is 470 g/mol. The minimum atomic E-state index is -4.52. The molecule has 1 aliphatic heterocycles. The lowest BCUT2D eigenvalue weighted by atomic mass is 10.0. The van der Waals surface area contributed by atoms with Crippen LogP contribution in [0.5, 0.6) is 0 Å². The van der Waals surface area contributed by atoms with E-state index in [9.17, 15) is 22.8 Å². The van der Waals surface area contributed by atoms with E-state index in [4.69, 9.17) is 0 Å². The highest BCUT2D eigenvalue weighted by Gasteiger charge is 2.31. The van der Waals surface area contributed by atoms with E-state index in [1.807, 2.05) is 18.2 Å². The molecule has 6 nitrogen and oxygen atoms in total. The van der Waals surface area contributed by atoms with Gasteiger partial charge in [-0.2, -0.15) is 18.3 Å². The lowest BCUT2D eigenvalue weighted by Crippen LogP contribution is -2.45. The molecule has 0 spiro atoms. The van der Waals surface area contributed by atoms with Gasteiger partial charge in [-0.05, 0) is 43.5 Å². The Morgan fingerprint density at radius 3 is 2.44 bits per heavy atom. The van der Waals surface area contributed by atoms with Crippen LogP contribution < -0.4 is 10.7 Å². The fourth-order valence-electron chi connectivity index (χ4n) is 4.11. The molecule has 34 heavy (non-hydrogen) atoms. The molecule has 0 atom stereocenters. The summed E-state index contributed by atoms with van der Waals surface area (Å²) in [7, 11) is 0. The Labute approximate surface area is 195 Å². The van der Waals surface area contributed by atoms with Gasteiger partial charge in [0.1, 0.15) is 0 Å². The van der Waals surface area contributed by atoms with E-state index in [1.54, 1.807) is 6.92 Å². The fourth-order valence-corrected chi connectivity index (χ4v) is 4.11. The summed E-state index contributed by atoms with van der Waals surface area (Å²) in [6, 6.07) is 15.8. The molecule has 0 radical (unpaired) electrons. The van der Waals surface area contributed by atoms with Gasteiger partial charge in [0.25, 0.3) is 5.91 Å². The first kappa shape index (κ1) is 23.7. The summed E-state index contributed by atoms with van der Waals surface area (Å²) in [6.45, 7) is 3.99. The molecule has 0 unspecified atom stereocenters. The first-order chi connectivity index (χ1) is 16.2. The topological polar surface area (TPSA) is 67.2 Å². The molecular formula is C25H25F3N4O2. The lowest BCUT2D eigenvalue weighted by Gasteiger charge is -2.32. The van der Waals surface area contributed by atoms with E-state index in [-0.39, 0.29) is 17.4 Å². The number of aryl methyl sites for hydroxylation is 1. The Kier molecular flexibility index (Phi) is 6.83. The zero-order valence-electron chi connectivity index (χ0n) is 18.7. The molecule has 9 heteroatoms. The first-order valence-electron chi connectivity index (χ1n) is 11.1. The van der Waals surface area contributed by atoms with Crippen molar-refractivity contribution in [2.45, 2.75) is 38.5 Å². The van der Waals surface area contributed by atoms with Gasteiger partial charge in [-0.15, -0.1) is 0 Å². The van der Waals surface area contributed by atoms with E-state index in [0.29, 0.717) is 5.69 Å². The van der Waals surface area contributed by atoms with Crippen LogP contribution in [0.4, 0.5) is 13.2 Å². The maximum Gasteiger partial charge on any atom is 0.416 e. The third-order valence-corrected chi connectivity index (χ3v) is 5.91. The number of halogens is 3. The molecule has 4 rings (SSSR count). The van der Waals surface area contributed by atoms with E-state index < -0.39 is 23.1 Å². The first-order valence-corrected chi connectivity index (χ1v) is 11.1. The molecule has 0 aliphatic carbocycles. The van der Waals surface area contributed by atoms with E-state index >= 15 is 0 Å². The van der Waals surface area contributed by atoms with Crippen LogP contribution in [0.15, 0.2) is 65.5 Å². The highest BCUT2D eigenvalue weighted by molar-refractivity contribution is 5.92. The smallest absolute Gasteiger partial charge is 0.348 e. The molecular weight excluding hydrogens is 445 g/mol. The van der Waals surface area contributed by atoms with Gasteiger partial charge in [-0.25, -0.2) is 4.68 Å². The summed E-state index contributed by atoms with van der Waals surface area (Å²) in [6.07, 6.45) is -3.06. The maximum absolute atomic E-state index is 13.1. The minimum absolute atomic E-state index is 0.107. The van der Waals surface area contributed by atoms with Crippen molar-refractivity contribution in [3.05, 3.63) is 93.4 Å². The van der Waals surface area contributed by atoms with Crippen molar-refractivity contribution in [3.63, 3.8) is 0 Å². The Morgan fingerprint density at radius 1 is 1.06 bits per heavy atom. The van der Waals surface area contributed by atoms with Crippen molar-refractivity contribution in [1.29, 1.82) is 0 Å². The fraction of sp³-hybridized carbons (Fsp3) is 0.320. The Morgan fingerprint density at radius 2 is 1.76 bits per heavy atom. The summed E-state index contributed by atoms with van der Waals surface area (Å²) in [4.78, 5) is 27.6. The third kappa shape index (κ3) is 5.53. The number of nitrogens with zero attached hydrogens (tertiary/aromatic N) is 3. The summed E-state index contributed by atoms with van der Waals surface area (Å²) >= 11 is 0. The van der Waals surface area contributed by atoms with Crippen molar-refractivity contribution in [2.75, 3.05) is 13.1 Å². The average Bonchev–Trinajstić information content (AvgIpc) is 2.80. The number of aromatic nitrogens is 2. The van der Waals surface area contributed by atoms with Crippen LogP contribution in [0.3, 0.4) is 0 Å². The normalized spacial score (nSPS) is 15.3. The summed E-state index contributed by atoms with van der Waals surface area (Å²) in [5.41, 5.74) is -0.0673. The third-order valence-electron chi connectivity index (χ3n) is 5.91. The molecule has 178 valence electrons. The zero-order chi connectivity index (χ0) is 24.3.